The Balaban J connectivity index is 1.17. The molecule has 50 heavy (non-hydrogen) atoms. The van der Waals surface area contributed by atoms with Gasteiger partial charge in [0.25, 0.3) is 5.91 Å². The quantitative estimate of drug-likeness (QED) is 0.153. The van der Waals surface area contributed by atoms with E-state index in [1.54, 1.807) is 39.3 Å². The van der Waals surface area contributed by atoms with E-state index in [0.717, 1.165) is 38.4 Å². The molecule has 0 saturated carbocycles. The van der Waals surface area contributed by atoms with Gasteiger partial charge in [0.15, 0.2) is 5.65 Å². The van der Waals surface area contributed by atoms with Crippen molar-refractivity contribution in [1.29, 1.82) is 5.26 Å². The van der Waals surface area contributed by atoms with Gasteiger partial charge in [0.05, 0.1) is 11.4 Å². The van der Waals surface area contributed by atoms with Crippen LogP contribution in [-0.4, -0.2) is 97.0 Å². The number of carbonyl (C=O) groups excluding carboxylic acids is 1. The molecular weight excluding hydrogens is 654 g/mol. The highest BCUT2D eigenvalue weighted by Gasteiger charge is 2.32. The Labute approximate surface area is 296 Å². The normalized spacial score (nSPS) is 18.1. The number of carbonyl (C=O) groups is 1. The second-order valence-electron chi connectivity index (χ2n) is 13.7. The second kappa shape index (κ2) is 15.2. The Morgan fingerprint density at radius 1 is 1.12 bits per heavy atom. The summed E-state index contributed by atoms with van der Waals surface area (Å²) in [7, 11) is 0. The average molecular weight is 698 g/mol. The van der Waals surface area contributed by atoms with Gasteiger partial charge >= 0.3 is 0 Å². The molecule has 2 aromatic heterocycles. The van der Waals surface area contributed by atoms with Gasteiger partial charge in [-0.25, -0.2) is 19.0 Å². The number of benzene rings is 2. The number of likely N-dealkylation sites (tertiary alicyclic amines) is 1. The van der Waals surface area contributed by atoms with Crippen molar-refractivity contribution in [3.63, 3.8) is 0 Å². The number of para-hydroxylation sites is 1. The minimum atomic E-state index is -0.532. The number of nitrogens with zero attached hydrogens (tertiary/aromatic N) is 8. The van der Waals surface area contributed by atoms with Crippen molar-refractivity contribution >= 4 is 34.5 Å². The van der Waals surface area contributed by atoms with Crippen LogP contribution in [0.1, 0.15) is 46.6 Å². The molecule has 0 bridgehead atoms. The molecule has 4 aromatic rings. The first-order chi connectivity index (χ1) is 24.1. The van der Waals surface area contributed by atoms with Crippen LogP contribution < -0.4 is 10.5 Å². The van der Waals surface area contributed by atoms with Gasteiger partial charge in [-0.2, -0.15) is 10.4 Å². The number of hydrogen-bond acceptors (Lipinski definition) is 10. The molecule has 1 atom stereocenters. The summed E-state index contributed by atoms with van der Waals surface area (Å²) in [6.45, 7) is 13.8. The van der Waals surface area contributed by atoms with E-state index in [4.69, 9.17) is 15.6 Å². The summed E-state index contributed by atoms with van der Waals surface area (Å²) in [5.74, 6) is 1.04. The van der Waals surface area contributed by atoms with E-state index >= 15 is 4.39 Å². The third kappa shape index (κ3) is 7.62. The van der Waals surface area contributed by atoms with Crippen molar-refractivity contribution in [1.82, 2.24) is 34.4 Å². The number of nitrogen functional groups attached to an aromatic ring is 1. The number of rotatable bonds is 10. The monoisotopic (exact) mass is 697 g/mol. The van der Waals surface area contributed by atoms with Gasteiger partial charge in [-0.3, -0.25) is 14.6 Å². The van der Waals surface area contributed by atoms with Gasteiger partial charge in [-0.1, -0.05) is 18.2 Å². The van der Waals surface area contributed by atoms with E-state index in [1.807, 2.05) is 18.2 Å². The highest BCUT2D eigenvalue weighted by molar-refractivity contribution is 8.02. The minimum Gasteiger partial charge on any atom is -0.457 e. The molecule has 6 rings (SSSR count). The topological polar surface area (TPSA) is 129 Å². The number of anilines is 1. The Hall–Kier alpha value is -4.51. The number of ether oxygens (including phenoxy) is 1. The van der Waals surface area contributed by atoms with E-state index in [9.17, 15) is 10.1 Å². The molecule has 2 aliphatic heterocycles. The van der Waals surface area contributed by atoms with Gasteiger partial charge in [-0.15, -0.1) is 11.8 Å². The number of hydrogen-bond donors (Lipinski definition) is 1. The number of thioether (sulfide) groups is 1. The Kier molecular flexibility index (Phi) is 10.7. The summed E-state index contributed by atoms with van der Waals surface area (Å²) >= 11 is 1.51. The molecule has 0 unspecified atom stereocenters. The predicted molar refractivity (Wildman–Crippen MR) is 195 cm³/mol. The molecule has 0 aliphatic carbocycles. The molecular formula is C37H44FN9O2S. The van der Waals surface area contributed by atoms with Crippen LogP contribution in [0, 0.1) is 17.1 Å². The first-order valence-electron chi connectivity index (χ1n) is 17.1. The van der Waals surface area contributed by atoms with E-state index in [0.29, 0.717) is 53.8 Å². The fraction of sp³-hybridized carbons (Fsp3) is 0.432. The van der Waals surface area contributed by atoms with Crippen molar-refractivity contribution in [2.75, 3.05) is 50.8 Å². The SMILES string of the molecule is CC(C)N1CCN(C(C)(C)CS/C=C(\C#N)C(=O)N2CCC[C@@H](n3nc(-c4ccc(Oc5ccccc5)cc4F)c4c(N)ncnc43)C2)CC1. The summed E-state index contributed by atoms with van der Waals surface area (Å²) in [6, 6.07) is 16.2. The first kappa shape index (κ1) is 35.3. The van der Waals surface area contributed by atoms with Gasteiger partial charge in [0.2, 0.25) is 0 Å². The largest absolute Gasteiger partial charge is 0.457 e. The van der Waals surface area contributed by atoms with Crippen LogP contribution in [0.15, 0.2) is 65.8 Å². The molecule has 0 spiro atoms. The number of piperazine rings is 1. The van der Waals surface area contributed by atoms with Crippen LogP contribution in [-0.2, 0) is 4.79 Å². The van der Waals surface area contributed by atoms with Crippen molar-refractivity contribution in [2.45, 2.75) is 58.2 Å². The fourth-order valence-corrected chi connectivity index (χ4v) is 7.71. The van der Waals surface area contributed by atoms with E-state index < -0.39 is 5.82 Å². The van der Waals surface area contributed by atoms with E-state index in [-0.39, 0.29) is 34.4 Å². The zero-order valence-corrected chi connectivity index (χ0v) is 29.9. The number of piperidine rings is 1. The van der Waals surface area contributed by atoms with Crippen molar-refractivity contribution in [3.05, 3.63) is 71.7 Å². The van der Waals surface area contributed by atoms with Crippen LogP contribution in [0.5, 0.6) is 11.5 Å². The Bertz CT molecular complexity index is 1900. The standard InChI is InChI=1S/C37H44FN9O2S/c1-25(2)44-15-17-46(18-16-44)37(3,4)23-50-22-26(20-39)36(48)45-14-8-9-27(21-45)47-35-32(34(40)41-24-42-35)33(43-47)30-13-12-29(19-31(30)38)49-28-10-6-5-7-11-28/h5-7,10-13,19,22,24-25,27H,8-9,14-18,21,23H2,1-4H3,(H2,40,41,42)/b26-22+/t27-/m1/s1. The Morgan fingerprint density at radius 3 is 2.58 bits per heavy atom. The lowest BCUT2D eigenvalue weighted by Gasteiger charge is -2.45. The maximum atomic E-state index is 15.7. The van der Waals surface area contributed by atoms with E-state index in [2.05, 4.69) is 53.5 Å². The molecule has 2 N–H and O–H groups in total. The minimum absolute atomic E-state index is 0.0820. The zero-order valence-electron chi connectivity index (χ0n) is 29.0. The molecule has 13 heteroatoms. The lowest BCUT2D eigenvalue weighted by atomic mass is 10.0. The van der Waals surface area contributed by atoms with Crippen molar-refractivity contribution < 1.29 is 13.9 Å². The summed E-state index contributed by atoms with van der Waals surface area (Å²) in [5.41, 5.74) is 7.37. The summed E-state index contributed by atoms with van der Waals surface area (Å²) in [6.07, 6.45) is 2.78. The maximum Gasteiger partial charge on any atom is 0.265 e. The lowest BCUT2D eigenvalue weighted by molar-refractivity contribution is -0.128. The van der Waals surface area contributed by atoms with Gasteiger partial charge in [0, 0.05) is 68.2 Å². The summed E-state index contributed by atoms with van der Waals surface area (Å²) in [4.78, 5) is 29.0. The lowest BCUT2D eigenvalue weighted by Crippen LogP contribution is -2.56. The summed E-state index contributed by atoms with van der Waals surface area (Å²) in [5, 5.41) is 17.0. The molecule has 0 radical (unpaired) electrons. The van der Waals surface area contributed by atoms with Gasteiger partial charge in [-0.05, 0) is 70.2 Å². The molecule has 2 fully saturated rings. The highest BCUT2D eigenvalue weighted by Crippen LogP contribution is 2.36. The molecule has 2 saturated heterocycles. The molecule has 11 nitrogen and oxygen atoms in total. The van der Waals surface area contributed by atoms with Crippen LogP contribution >= 0.6 is 11.8 Å². The number of fused-ring (bicyclic) bond motifs is 1. The maximum absolute atomic E-state index is 15.7. The molecule has 1 amide bonds. The Morgan fingerprint density at radius 2 is 1.88 bits per heavy atom. The highest BCUT2D eigenvalue weighted by atomic mass is 32.2. The zero-order chi connectivity index (χ0) is 35.4. The van der Waals surface area contributed by atoms with E-state index in [1.165, 1.54) is 24.2 Å². The second-order valence-corrected chi connectivity index (χ2v) is 14.6. The molecule has 4 heterocycles. The molecule has 262 valence electrons. The van der Waals surface area contributed by atoms with Crippen LogP contribution in [0.2, 0.25) is 0 Å². The average Bonchev–Trinajstić information content (AvgIpc) is 3.51. The number of nitriles is 1. The first-order valence-corrected chi connectivity index (χ1v) is 18.1. The molecule has 2 aromatic carbocycles. The smallest absolute Gasteiger partial charge is 0.265 e. The van der Waals surface area contributed by atoms with Crippen molar-refractivity contribution in [3.8, 4) is 28.8 Å². The van der Waals surface area contributed by atoms with Crippen LogP contribution in [0.4, 0.5) is 10.2 Å². The number of halogens is 1. The molecule has 2 aliphatic rings. The number of amides is 1. The van der Waals surface area contributed by atoms with Crippen molar-refractivity contribution in [2.24, 2.45) is 0 Å². The fourth-order valence-electron chi connectivity index (χ4n) is 6.71. The third-order valence-electron chi connectivity index (χ3n) is 9.61. The predicted octanol–water partition coefficient (Wildman–Crippen LogP) is 6.12. The number of aromatic nitrogens is 4. The van der Waals surface area contributed by atoms with Crippen LogP contribution in [0.3, 0.4) is 0 Å². The van der Waals surface area contributed by atoms with Crippen LogP contribution in [0.25, 0.3) is 22.3 Å². The van der Waals surface area contributed by atoms with Gasteiger partial charge < -0.3 is 15.4 Å². The summed E-state index contributed by atoms with van der Waals surface area (Å²) < 4.78 is 23.2. The van der Waals surface area contributed by atoms with Gasteiger partial charge in [0.1, 0.15) is 46.8 Å². The number of nitrogens with two attached hydrogens (primary N) is 1. The third-order valence-corrected chi connectivity index (χ3v) is 10.9.